The van der Waals surface area contributed by atoms with E-state index >= 15 is 0 Å². The number of nitrogens with zero attached hydrogens (tertiary/aromatic N) is 1. The summed E-state index contributed by atoms with van der Waals surface area (Å²) in [5.41, 5.74) is -2.11. The summed E-state index contributed by atoms with van der Waals surface area (Å²) in [6.45, 7) is -0.0498. The van der Waals surface area contributed by atoms with E-state index in [1.54, 1.807) is 0 Å². The zero-order valence-corrected chi connectivity index (χ0v) is 11.3. The van der Waals surface area contributed by atoms with Crippen molar-refractivity contribution < 1.29 is 18.8 Å². The third-order valence-corrected chi connectivity index (χ3v) is 3.79. The first-order valence-electron chi connectivity index (χ1n) is 5.62. The first-order valence-corrected chi connectivity index (χ1v) is 6.41. The van der Waals surface area contributed by atoms with Crippen molar-refractivity contribution in [3.8, 4) is 0 Å². The van der Waals surface area contributed by atoms with Gasteiger partial charge in [0.15, 0.2) is 17.3 Å². The summed E-state index contributed by atoms with van der Waals surface area (Å²) in [5, 5.41) is 23.1. The van der Waals surface area contributed by atoms with Crippen molar-refractivity contribution in [2.75, 3.05) is 11.9 Å². The average molecular weight is 337 g/mol. The van der Waals surface area contributed by atoms with E-state index in [0.29, 0.717) is 12.8 Å². The fraction of sp³-hybridized carbons (Fsp3) is 0.455. The quantitative estimate of drug-likeness (QED) is 0.503. The van der Waals surface area contributed by atoms with Gasteiger partial charge in [-0.15, -0.1) is 0 Å². The van der Waals surface area contributed by atoms with Gasteiger partial charge in [0.05, 0.1) is 15.0 Å². The molecule has 0 bridgehead atoms. The lowest BCUT2D eigenvalue weighted by molar-refractivity contribution is -0.384. The van der Waals surface area contributed by atoms with E-state index in [4.69, 9.17) is 0 Å². The number of benzene rings is 1. The molecule has 1 aliphatic rings. The van der Waals surface area contributed by atoms with Gasteiger partial charge in [0.25, 0.3) is 5.69 Å². The number of aliphatic hydroxyl groups is 1. The highest BCUT2D eigenvalue weighted by molar-refractivity contribution is 9.10. The number of anilines is 1. The molecule has 5 nitrogen and oxygen atoms in total. The van der Waals surface area contributed by atoms with Crippen LogP contribution >= 0.6 is 15.9 Å². The third-order valence-electron chi connectivity index (χ3n) is 3.22. The van der Waals surface area contributed by atoms with E-state index in [2.05, 4.69) is 21.2 Å². The molecule has 1 aromatic rings. The van der Waals surface area contributed by atoms with E-state index in [1.807, 2.05) is 0 Å². The minimum Gasteiger partial charge on any atom is -0.388 e. The molecular formula is C11H11BrF2N2O3. The molecule has 104 valence electrons. The lowest BCUT2D eigenvalue weighted by Crippen LogP contribution is -2.43. The maximum absolute atomic E-state index is 13.7. The first-order chi connectivity index (χ1) is 8.84. The van der Waals surface area contributed by atoms with Gasteiger partial charge >= 0.3 is 0 Å². The molecule has 0 unspecified atom stereocenters. The molecule has 2 rings (SSSR count). The minimum absolute atomic E-state index is 0.0498. The van der Waals surface area contributed by atoms with Crippen LogP contribution in [0.5, 0.6) is 0 Å². The van der Waals surface area contributed by atoms with E-state index in [9.17, 15) is 24.0 Å². The summed E-state index contributed by atoms with van der Waals surface area (Å²) in [7, 11) is 0. The van der Waals surface area contributed by atoms with Gasteiger partial charge in [-0.2, -0.15) is 0 Å². The van der Waals surface area contributed by atoms with E-state index in [-0.39, 0.29) is 11.0 Å². The van der Waals surface area contributed by atoms with Gasteiger partial charge in [-0.1, -0.05) is 0 Å². The van der Waals surface area contributed by atoms with Gasteiger partial charge in [0.1, 0.15) is 0 Å². The summed E-state index contributed by atoms with van der Waals surface area (Å²) in [6.07, 6.45) is 1.92. The molecule has 8 heteroatoms. The fourth-order valence-corrected chi connectivity index (χ4v) is 2.30. The second kappa shape index (κ2) is 5.01. The largest absolute Gasteiger partial charge is 0.388 e. The minimum atomic E-state index is -1.33. The molecule has 2 N–H and O–H groups in total. The smallest absolute Gasteiger partial charge is 0.296 e. The zero-order chi connectivity index (χ0) is 14.2. The maximum Gasteiger partial charge on any atom is 0.296 e. The third kappa shape index (κ3) is 2.69. The molecular weight excluding hydrogens is 326 g/mol. The van der Waals surface area contributed by atoms with E-state index < -0.39 is 33.5 Å². The molecule has 0 spiro atoms. The highest BCUT2D eigenvalue weighted by Gasteiger charge is 2.35. The molecule has 0 aromatic heterocycles. The Labute approximate surface area is 115 Å². The Morgan fingerprint density at radius 1 is 1.47 bits per heavy atom. The van der Waals surface area contributed by atoms with Crippen LogP contribution in [-0.2, 0) is 0 Å². The van der Waals surface area contributed by atoms with Crippen LogP contribution in [-0.4, -0.2) is 22.2 Å². The van der Waals surface area contributed by atoms with Crippen molar-refractivity contribution in [3.05, 3.63) is 32.3 Å². The molecule has 0 aliphatic heterocycles. The van der Waals surface area contributed by atoms with Crippen LogP contribution in [0.4, 0.5) is 20.2 Å². The van der Waals surface area contributed by atoms with Crippen molar-refractivity contribution in [1.29, 1.82) is 0 Å². The van der Waals surface area contributed by atoms with Crippen molar-refractivity contribution in [1.82, 2.24) is 0 Å². The number of halogens is 3. The van der Waals surface area contributed by atoms with Crippen LogP contribution in [0.2, 0.25) is 0 Å². The van der Waals surface area contributed by atoms with Gasteiger partial charge in [0.2, 0.25) is 0 Å². The normalized spacial score (nSPS) is 16.8. The topological polar surface area (TPSA) is 75.4 Å². The number of nitrogens with one attached hydrogen (secondary N) is 1. The molecule has 19 heavy (non-hydrogen) atoms. The van der Waals surface area contributed by atoms with Crippen LogP contribution < -0.4 is 5.32 Å². The van der Waals surface area contributed by atoms with Crippen LogP contribution in [0, 0.1) is 21.7 Å². The van der Waals surface area contributed by atoms with Gasteiger partial charge < -0.3 is 10.4 Å². The standard InChI is InChI=1S/C11H11BrF2N2O3/c12-6-4-7(16(18)19)10(9(14)8(6)13)15-5-11(17)2-1-3-11/h4,15,17H,1-3,5H2. The molecule has 0 radical (unpaired) electrons. The van der Waals surface area contributed by atoms with Crippen LogP contribution in [0.15, 0.2) is 10.5 Å². The number of hydrogen-bond acceptors (Lipinski definition) is 4. The molecule has 0 atom stereocenters. The van der Waals surface area contributed by atoms with Gasteiger partial charge in [-0.3, -0.25) is 10.1 Å². The predicted octanol–water partition coefficient (Wildman–Crippen LogP) is 2.96. The summed E-state index contributed by atoms with van der Waals surface area (Å²) in [5.74, 6) is -2.53. The van der Waals surface area contributed by atoms with Crippen molar-refractivity contribution in [2.45, 2.75) is 24.9 Å². The lowest BCUT2D eigenvalue weighted by Gasteiger charge is -2.36. The van der Waals surface area contributed by atoms with Crippen molar-refractivity contribution in [2.24, 2.45) is 0 Å². The summed E-state index contributed by atoms with van der Waals surface area (Å²) < 4.78 is 26.8. The van der Waals surface area contributed by atoms with Gasteiger partial charge in [-0.25, -0.2) is 8.78 Å². The summed E-state index contributed by atoms with van der Waals surface area (Å²) >= 11 is 2.72. The molecule has 1 aliphatic carbocycles. The molecule has 0 heterocycles. The Hall–Kier alpha value is -1.28. The van der Waals surface area contributed by atoms with Crippen LogP contribution in [0.1, 0.15) is 19.3 Å². The second-order valence-corrected chi connectivity index (χ2v) is 5.42. The second-order valence-electron chi connectivity index (χ2n) is 4.57. The highest BCUT2D eigenvalue weighted by atomic mass is 79.9. The molecule has 0 saturated heterocycles. The van der Waals surface area contributed by atoms with Crippen molar-refractivity contribution in [3.63, 3.8) is 0 Å². The lowest BCUT2D eigenvalue weighted by atomic mass is 9.80. The Balaban J connectivity index is 2.31. The number of hydrogen-bond donors (Lipinski definition) is 2. The first kappa shape index (κ1) is 14.1. The molecule has 1 aromatic carbocycles. The monoisotopic (exact) mass is 336 g/mol. The van der Waals surface area contributed by atoms with Gasteiger partial charge in [0, 0.05) is 12.6 Å². The number of rotatable bonds is 4. The van der Waals surface area contributed by atoms with Crippen LogP contribution in [0.25, 0.3) is 0 Å². The Morgan fingerprint density at radius 2 is 2.11 bits per heavy atom. The highest BCUT2D eigenvalue weighted by Crippen LogP contribution is 2.36. The maximum atomic E-state index is 13.7. The predicted molar refractivity (Wildman–Crippen MR) is 68.0 cm³/mol. The van der Waals surface area contributed by atoms with Crippen molar-refractivity contribution >= 4 is 27.3 Å². The number of nitro groups is 1. The van der Waals surface area contributed by atoms with E-state index in [1.165, 1.54) is 0 Å². The number of nitro benzene ring substituents is 1. The molecule has 0 amide bonds. The Kier molecular flexibility index (Phi) is 3.73. The fourth-order valence-electron chi connectivity index (χ4n) is 1.91. The summed E-state index contributed by atoms with van der Waals surface area (Å²) in [6, 6.07) is 0.894. The zero-order valence-electron chi connectivity index (χ0n) is 9.75. The average Bonchev–Trinajstić information content (AvgIpc) is 2.32. The molecule has 1 saturated carbocycles. The van der Waals surface area contributed by atoms with Crippen LogP contribution in [0.3, 0.4) is 0 Å². The summed E-state index contributed by atoms with van der Waals surface area (Å²) in [4.78, 5) is 10.0. The molecule has 1 fully saturated rings. The van der Waals surface area contributed by atoms with Gasteiger partial charge in [-0.05, 0) is 35.2 Å². The Morgan fingerprint density at radius 3 is 2.58 bits per heavy atom. The SMILES string of the molecule is O=[N+]([O-])c1cc(Br)c(F)c(F)c1NCC1(O)CCC1. The van der Waals surface area contributed by atoms with E-state index in [0.717, 1.165) is 12.5 Å². The Bertz CT molecular complexity index is 535.